The van der Waals surface area contributed by atoms with Gasteiger partial charge in [0.15, 0.2) is 0 Å². The Bertz CT molecular complexity index is 210. The van der Waals surface area contributed by atoms with Crippen molar-refractivity contribution in [2.45, 2.75) is 37.7 Å². The number of hydrogen-bond donors (Lipinski definition) is 0. The molecule has 0 N–H and O–H groups in total. The molecule has 0 aromatic carbocycles. The SMILES string of the molecule is CC(C)(F)S(=O)(=O)C(C)(C)F. The first kappa shape index (κ1) is 10.8. The molecular weight excluding hydrogens is 174 g/mol. The number of halogens is 2. The van der Waals surface area contributed by atoms with Gasteiger partial charge >= 0.3 is 0 Å². The second kappa shape index (κ2) is 2.40. The van der Waals surface area contributed by atoms with E-state index in [1.54, 1.807) is 0 Å². The molecule has 2 nitrogen and oxygen atoms in total. The lowest BCUT2D eigenvalue weighted by molar-refractivity contribution is 0.265. The van der Waals surface area contributed by atoms with Gasteiger partial charge in [-0.1, -0.05) is 0 Å². The maximum atomic E-state index is 12.8. The number of sulfone groups is 1. The molecule has 0 aromatic rings. The van der Waals surface area contributed by atoms with Crippen LogP contribution in [0.5, 0.6) is 0 Å². The number of rotatable bonds is 2. The maximum absolute atomic E-state index is 12.8. The van der Waals surface area contributed by atoms with E-state index in [0.717, 1.165) is 27.7 Å². The first-order valence-electron chi connectivity index (χ1n) is 3.12. The molecule has 0 saturated carbocycles. The Labute approximate surface area is 65.5 Å². The molecule has 5 heteroatoms. The third kappa shape index (κ3) is 1.89. The molecule has 0 saturated heterocycles. The van der Waals surface area contributed by atoms with Crippen molar-refractivity contribution < 1.29 is 17.2 Å². The van der Waals surface area contributed by atoms with Crippen LogP contribution in [0.15, 0.2) is 0 Å². The fourth-order valence-electron chi connectivity index (χ4n) is 0.577. The standard InChI is InChI=1S/C6H12F2O2S/c1-5(2,7)11(9,10)6(3,4)8/h1-4H3. The normalized spacial score (nSPS) is 15.1. The second-order valence-corrected chi connectivity index (χ2v) is 6.18. The maximum Gasteiger partial charge on any atom is 0.218 e. The second-order valence-electron chi connectivity index (χ2n) is 3.23. The van der Waals surface area contributed by atoms with Crippen LogP contribution in [-0.2, 0) is 9.84 Å². The van der Waals surface area contributed by atoms with E-state index in [9.17, 15) is 17.2 Å². The Kier molecular flexibility index (Phi) is 2.36. The predicted molar refractivity (Wildman–Crippen MR) is 39.3 cm³/mol. The highest BCUT2D eigenvalue weighted by Gasteiger charge is 2.46. The molecule has 68 valence electrons. The van der Waals surface area contributed by atoms with Gasteiger partial charge in [0, 0.05) is 0 Å². The molecule has 0 unspecified atom stereocenters. The molecule has 0 radical (unpaired) electrons. The Hall–Kier alpha value is -0.190. The van der Waals surface area contributed by atoms with E-state index < -0.39 is 19.8 Å². The van der Waals surface area contributed by atoms with E-state index in [2.05, 4.69) is 0 Å². The molecule has 0 aliphatic carbocycles. The van der Waals surface area contributed by atoms with Crippen molar-refractivity contribution in [2.75, 3.05) is 0 Å². The lowest BCUT2D eigenvalue weighted by Crippen LogP contribution is -2.39. The predicted octanol–water partition coefficient (Wildman–Crippen LogP) is 1.81. The molecule has 0 aromatic heterocycles. The molecule has 0 fully saturated rings. The molecule has 0 atom stereocenters. The van der Waals surface area contributed by atoms with Crippen molar-refractivity contribution in [3.05, 3.63) is 0 Å². The monoisotopic (exact) mass is 186 g/mol. The summed E-state index contributed by atoms with van der Waals surface area (Å²) in [5.41, 5.74) is 0. The van der Waals surface area contributed by atoms with E-state index >= 15 is 0 Å². The molecule has 0 aliphatic rings. The first-order valence-corrected chi connectivity index (χ1v) is 4.60. The summed E-state index contributed by atoms with van der Waals surface area (Å²) in [6.45, 7) is 3.29. The van der Waals surface area contributed by atoms with E-state index in [4.69, 9.17) is 0 Å². The van der Waals surface area contributed by atoms with Gasteiger partial charge in [-0.2, -0.15) is 0 Å². The number of hydrogen-bond acceptors (Lipinski definition) is 2. The van der Waals surface area contributed by atoms with Crippen LogP contribution >= 0.6 is 0 Å². The summed E-state index contributed by atoms with van der Waals surface area (Å²) in [6.07, 6.45) is 0. The van der Waals surface area contributed by atoms with Crippen LogP contribution in [0.25, 0.3) is 0 Å². The zero-order valence-corrected chi connectivity index (χ0v) is 7.80. The van der Waals surface area contributed by atoms with Gasteiger partial charge in [-0.3, -0.25) is 0 Å². The van der Waals surface area contributed by atoms with E-state index in [0.29, 0.717) is 0 Å². The van der Waals surface area contributed by atoms with Crippen molar-refractivity contribution in [1.82, 2.24) is 0 Å². The average molecular weight is 186 g/mol. The zero-order valence-electron chi connectivity index (χ0n) is 6.98. The summed E-state index contributed by atoms with van der Waals surface area (Å²) in [7, 11) is -4.35. The highest BCUT2D eigenvalue weighted by Crippen LogP contribution is 2.30. The van der Waals surface area contributed by atoms with Gasteiger partial charge in [0.25, 0.3) is 0 Å². The van der Waals surface area contributed by atoms with Crippen molar-refractivity contribution in [2.24, 2.45) is 0 Å². The summed E-state index contributed by atoms with van der Waals surface area (Å²) in [4.78, 5) is 0. The van der Waals surface area contributed by atoms with Crippen LogP contribution in [-0.4, -0.2) is 18.4 Å². The Morgan fingerprint density at radius 1 is 0.909 bits per heavy atom. The molecule has 0 bridgehead atoms. The zero-order chi connectivity index (χ0) is 9.50. The Morgan fingerprint density at radius 2 is 1.09 bits per heavy atom. The third-order valence-corrected chi connectivity index (χ3v) is 3.83. The first-order chi connectivity index (χ1) is 4.50. The van der Waals surface area contributed by atoms with Crippen molar-refractivity contribution in [1.29, 1.82) is 0 Å². The molecule has 0 rings (SSSR count). The molecule has 0 spiro atoms. The van der Waals surface area contributed by atoms with Gasteiger partial charge in [-0.15, -0.1) is 0 Å². The lowest BCUT2D eigenvalue weighted by Gasteiger charge is -2.22. The highest BCUT2D eigenvalue weighted by molar-refractivity contribution is 7.93. The smallest absolute Gasteiger partial charge is 0.218 e. The summed E-state index contributed by atoms with van der Waals surface area (Å²) < 4.78 is 47.5. The van der Waals surface area contributed by atoms with Crippen LogP contribution in [0.3, 0.4) is 0 Å². The third-order valence-electron chi connectivity index (χ3n) is 1.28. The summed E-state index contributed by atoms with van der Waals surface area (Å²) in [5, 5.41) is -5.05. The number of alkyl halides is 2. The van der Waals surface area contributed by atoms with Crippen molar-refractivity contribution >= 4 is 9.84 Å². The van der Waals surface area contributed by atoms with Gasteiger partial charge in [-0.25, -0.2) is 17.2 Å². The summed E-state index contributed by atoms with van der Waals surface area (Å²) in [6, 6.07) is 0. The van der Waals surface area contributed by atoms with Gasteiger partial charge in [-0.05, 0) is 27.7 Å². The summed E-state index contributed by atoms with van der Waals surface area (Å²) in [5.74, 6) is 0. The van der Waals surface area contributed by atoms with E-state index in [-0.39, 0.29) is 0 Å². The minimum atomic E-state index is -4.35. The van der Waals surface area contributed by atoms with Crippen LogP contribution in [0.4, 0.5) is 8.78 Å². The van der Waals surface area contributed by atoms with E-state index in [1.807, 2.05) is 0 Å². The molecule has 0 aliphatic heterocycles. The van der Waals surface area contributed by atoms with Crippen LogP contribution in [0.2, 0.25) is 0 Å². The molecule has 0 amide bonds. The van der Waals surface area contributed by atoms with Gasteiger partial charge < -0.3 is 0 Å². The largest absolute Gasteiger partial charge is 0.227 e. The highest BCUT2D eigenvalue weighted by atomic mass is 32.2. The summed E-state index contributed by atoms with van der Waals surface area (Å²) >= 11 is 0. The van der Waals surface area contributed by atoms with Gasteiger partial charge in [0.2, 0.25) is 19.8 Å². The van der Waals surface area contributed by atoms with E-state index in [1.165, 1.54) is 0 Å². The minimum absolute atomic E-state index is 0.823. The Morgan fingerprint density at radius 3 is 1.09 bits per heavy atom. The van der Waals surface area contributed by atoms with Crippen molar-refractivity contribution in [3.8, 4) is 0 Å². The molecule has 11 heavy (non-hydrogen) atoms. The topological polar surface area (TPSA) is 34.1 Å². The fraction of sp³-hybridized carbons (Fsp3) is 1.00. The minimum Gasteiger partial charge on any atom is -0.227 e. The molecular formula is C6H12F2O2S. The fourth-order valence-corrected chi connectivity index (χ4v) is 1.73. The quantitative estimate of drug-likeness (QED) is 0.659. The van der Waals surface area contributed by atoms with Crippen LogP contribution in [0, 0.1) is 0 Å². The average Bonchev–Trinajstić information content (AvgIpc) is 1.58. The Balaban J connectivity index is 5.11. The van der Waals surface area contributed by atoms with Crippen LogP contribution < -0.4 is 0 Å². The molecule has 0 heterocycles. The lowest BCUT2D eigenvalue weighted by atomic mass is 10.5. The van der Waals surface area contributed by atoms with Crippen molar-refractivity contribution in [3.63, 3.8) is 0 Å². The van der Waals surface area contributed by atoms with Crippen LogP contribution in [0.1, 0.15) is 27.7 Å². The van der Waals surface area contributed by atoms with Gasteiger partial charge in [0.1, 0.15) is 0 Å². The van der Waals surface area contributed by atoms with Gasteiger partial charge in [0.05, 0.1) is 0 Å².